The quantitative estimate of drug-likeness (QED) is 0.200. The van der Waals surface area contributed by atoms with E-state index in [0.29, 0.717) is 34.2 Å². The first-order chi connectivity index (χ1) is 20.1. The van der Waals surface area contributed by atoms with Crippen LogP contribution in [0.4, 0.5) is 11.4 Å². The first kappa shape index (κ1) is 27.7. The zero-order chi connectivity index (χ0) is 29.6. The number of halogens is 1. The van der Waals surface area contributed by atoms with Gasteiger partial charge in [0.05, 0.1) is 46.7 Å². The highest BCUT2D eigenvalue weighted by Crippen LogP contribution is 2.43. The van der Waals surface area contributed by atoms with Gasteiger partial charge in [0.2, 0.25) is 5.88 Å². The number of nitriles is 1. The second-order valence-electron chi connectivity index (χ2n) is 12.4. The van der Waals surface area contributed by atoms with Crippen molar-refractivity contribution in [2.75, 3.05) is 24.3 Å². The van der Waals surface area contributed by atoms with E-state index < -0.39 is 0 Å². The highest BCUT2D eigenvalue weighted by atomic mass is 35.5. The van der Waals surface area contributed by atoms with Crippen molar-refractivity contribution >= 4 is 44.7 Å². The summed E-state index contributed by atoms with van der Waals surface area (Å²) in [6.07, 6.45) is 7.49. The Morgan fingerprint density at radius 3 is 2.67 bits per heavy atom. The Hall–Kier alpha value is -4.42. The van der Waals surface area contributed by atoms with E-state index in [4.69, 9.17) is 16.3 Å². The van der Waals surface area contributed by atoms with Crippen molar-refractivity contribution in [3.63, 3.8) is 0 Å². The monoisotopic (exact) mass is 580 g/mol. The van der Waals surface area contributed by atoms with E-state index >= 15 is 0 Å². The van der Waals surface area contributed by atoms with E-state index in [0.717, 1.165) is 45.9 Å². The molecule has 0 radical (unpaired) electrons. The molecular formula is C32H33ClN8O. The molecule has 1 saturated carbocycles. The van der Waals surface area contributed by atoms with Gasteiger partial charge in [-0.1, -0.05) is 49.7 Å². The first-order valence-electron chi connectivity index (χ1n) is 14.0. The van der Waals surface area contributed by atoms with Gasteiger partial charge in [0.25, 0.3) is 0 Å². The number of hydrogen-bond donors (Lipinski definition) is 2. The Balaban J connectivity index is 1.50. The van der Waals surface area contributed by atoms with Crippen molar-refractivity contribution in [2.24, 2.45) is 5.41 Å². The molecule has 10 heteroatoms. The van der Waals surface area contributed by atoms with Gasteiger partial charge < -0.3 is 15.4 Å². The summed E-state index contributed by atoms with van der Waals surface area (Å²) >= 11 is 6.83. The summed E-state index contributed by atoms with van der Waals surface area (Å²) in [6, 6.07) is 13.8. The lowest BCUT2D eigenvalue weighted by Gasteiger charge is -2.23. The number of rotatable bonds is 8. The van der Waals surface area contributed by atoms with Gasteiger partial charge in [0.1, 0.15) is 11.8 Å². The Kier molecular flexibility index (Phi) is 6.90. The van der Waals surface area contributed by atoms with Crippen LogP contribution in [0.5, 0.6) is 5.88 Å². The molecule has 1 unspecified atom stereocenters. The minimum absolute atomic E-state index is 0.000936. The molecule has 2 N–H and O–H groups in total. The summed E-state index contributed by atoms with van der Waals surface area (Å²) in [5, 5.41) is 29.4. The molecule has 2 aromatic carbocycles. The van der Waals surface area contributed by atoms with E-state index in [1.165, 1.54) is 0 Å². The highest BCUT2D eigenvalue weighted by Gasteiger charge is 2.41. The minimum Gasteiger partial charge on any atom is -0.481 e. The molecule has 42 heavy (non-hydrogen) atoms. The smallest absolute Gasteiger partial charge is 0.221 e. The van der Waals surface area contributed by atoms with Crippen molar-refractivity contribution in [2.45, 2.75) is 52.1 Å². The van der Waals surface area contributed by atoms with Gasteiger partial charge >= 0.3 is 0 Å². The summed E-state index contributed by atoms with van der Waals surface area (Å²) in [4.78, 5) is 8.92. The molecule has 1 atom stereocenters. The Morgan fingerprint density at radius 2 is 1.95 bits per heavy atom. The third-order valence-corrected chi connectivity index (χ3v) is 8.08. The van der Waals surface area contributed by atoms with Gasteiger partial charge in [-0.3, -0.25) is 4.98 Å². The summed E-state index contributed by atoms with van der Waals surface area (Å²) in [6.45, 7) is 9.29. The average Bonchev–Trinajstić information content (AvgIpc) is 3.52. The number of aromatic nitrogens is 5. The van der Waals surface area contributed by atoms with Crippen LogP contribution in [0.3, 0.4) is 0 Å². The maximum atomic E-state index is 9.89. The molecule has 3 heterocycles. The van der Waals surface area contributed by atoms with Crippen LogP contribution >= 0.6 is 11.6 Å². The summed E-state index contributed by atoms with van der Waals surface area (Å²) in [7, 11) is 1.62. The van der Waals surface area contributed by atoms with Crippen LogP contribution < -0.4 is 15.4 Å². The van der Waals surface area contributed by atoms with E-state index in [-0.39, 0.29) is 17.0 Å². The zero-order valence-electron chi connectivity index (χ0n) is 24.4. The lowest BCUT2D eigenvalue weighted by molar-refractivity contribution is 0.403. The number of benzene rings is 2. The molecule has 0 amide bonds. The topological polar surface area (TPSA) is 114 Å². The Bertz CT molecular complexity index is 1850. The lowest BCUT2D eigenvalue weighted by Crippen LogP contribution is -2.20. The van der Waals surface area contributed by atoms with Crippen LogP contribution in [0.2, 0.25) is 5.02 Å². The summed E-state index contributed by atoms with van der Waals surface area (Å²) in [5.41, 5.74) is 4.34. The van der Waals surface area contributed by atoms with E-state index in [1.807, 2.05) is 41.2 Å². The summed E-state index contributed by atoms with van der Waals surface area (Å²) in [5.74, 6) is 0.556. The first-order valence-corrected chi connectivity index (χ1v) is 14.4. The van der Waals surface area contributed by atoms with E-state index in [2.05, 4.69) is 70.7 Å². The fourth-order valence-corrected chi connectivity index (χ4v) is 5.42. The van der Waals surface area contributed by atoms with Crippen molar-refractivity contribution < 1.29 is 4.74 Å². The van der Waals surface area contributed by atoms with Gasteiger partial charge in [0.15, 0.2) is 0 Å². The molecule has 1 fully saturated rings. The average molecular weight is 581 g/mol. The van der Waals surface area contributed by atoms with Crippen molar-refractivity contribution in [3.05, 3.63) is 76.8 Å². The van der Waals surface area contributed by atoms with Gasteiger partial charge in [-0.05, 0) is 60.4 Å². The number of anilines is 2. The van der Waals surface area contributed by atoms with Gasteiger partial charge in [-0.25, -0.2) is 9.67 Å². The van der Waals surface area contributed by atoms with E-state index in [1.54, 1.807) is 19.5 Å². The molecule has 1 aliphatic carbocycles. The second kappa shape index (κ2) is 10.4. The fraction of sp³-hybridized carbons (Fsp3) is 0.344. The predicted octanol–water partition coefficient (Wildman–Crippen LogP) is 7.08. The molecule has 0 spiro atoms. The molecule has 214 valence electrons. The van der Waals surface area contributed by atoms with Gasteiger partial charge in [-0.15, -0.1) is 5.10 Å². The van der Waals surface area contributed by atoms with Crippen LogP contribution in [0.15, 0.2) is 55.0 Å². The number of fused-ring (bicyclic) bond motifs is 2. The molecule has 0 aliphatic heterocycles. The molecule has 0 saturated heterocycles. The number of pyridine rings is 2. The molecule has 9 nitrogen and oxygen atoms in total. The number of nitrogens with one attached hydrogen (secondary N) is 2. The van der Waals surface area contributed by atoms with Crippen LogP contribution in [0.25, 0.3) is 21.7 Å². The number of ether oxygens (including phenoxy) is 1. The maximum Gasteiger partial charge on any atom is 0.221 e. The standard InChI is InChI=1S/C32H33ClN8O/c1-31(2,3)18-37-27-19(15-34)16-36-28-24(27)13-20(14-25(28)33)38-29(26-17-41(40-39-26)32(4)10-11-32)22-7-6-8-23-21(22)9-12-35-30(23)42-5/h6-9,12-14,16-17,29,38H,10-11,18H2,1-5H3,(H,36,37). The number of nitrogens with zero attached hydrogens (tertiary/aromatic N) is 6. The maximum absolute atomic E-state index is 9.89. The Labute approximate surface area is 249 Å². The van der Waals surface area contributed by atoms with E-state index in [9.17, 15) is 5.26 Å². The van der Waals surface area contributed by atoms with Crippen molar-refractivity contribution in [3.8, 4) is 11.9 Å². The van der Waals surface area contributed by atoms with Gasteiger partial charge in [0, 0.05) is 35.4 Å². The molecule has 5 aromatic rings. The highest BCUT2D eigenvalue weighted by molar-refractivity contribution is 6.35. The van der Waals surface area contributed by atoms with Crippen LogP contribution in [0.1, 0.15) is 63.4 Å². The fourth-order valence-electron chi connectivity index (χ4n) is 5.15. The molecule has 3 aromatic heterocycles. The molecule has 6 rings (SSSR count). The SMILES string of the molecule is COc1nccc2c(C(Nc3cc(Cl)c4ncc(C#N)c(NCC(C)(C)C)c4c3)c3cn(C4(C)CC4)nn3)cccc12. The Morgan fingerprint density at radius 1 is 1.14 bits per heavy atom. The third-order valence-electron chi connectivity index (χ3n) is 7.79. The molecule has 0 bridgehead atoms. The van der Waals surface area contributed by atoms with Crippen molar-refractivity contribution in [1.82, 2.24) is 25.0 Å². The summed E-state index contributed by atoms with van der Waals surface area (Å²) < 4.78 is 7.54. The molecule has 1 aliphatic rings. The number of hydrogen-bond acceptors (Lipinski definition) is 8. The second-order valence-corrected chi connectivity index (χ2v) is 12.8. The van der Waals surface area contributed by atoms with Crippen LogP contribution in [-0.2, 0) is 5.54 Å². The lowest BCUT2D eigenvalue weighted by atomic mass is 9.96. The van der Waals surface area contributed by atoms with Crippen molar-refractivity contribution in [1.29, 1.82) is 5.26 Å². The normalized spacial score (nSPS) is 14.9. The molecular weight excluding hydrogens is 548 g/mol. The third kappa shape index (κ3) is 5.19. The largest absolute Gasteiger partial charge is 0.481 e. The predicted molar refractivity (Wildman–Crippen MR) is 166 cm³/mol. The van der Waals surface area contributed by atoms with Crippen LogP contribution in [0, 0.1) is 16.7 Å². The number of methoxy groups -OCH3 is 1. The van der Waals surface area contributed by atoms with Crippen LogP contribution in [-0.4, -0.2) is 38.6 Å². The minimum atomic E-state index is -0.372. The van der Waals surface area contributed by atoms with Gasteiger partial charge in [-0.2, -0.15) is 5.26 Å². The zero-order valence-corrected chi connectivity index (χ0v) is 25.1.